The molecular weight excluding hydrogens is 248 g/mol. The van der Waals surface area contributed by atoms with Crippen molar-refractivity contribution in [2.24, 2.45) is 11.8 Å². The van der Waals surface area contributed by atoms with Crippen LogP contribution in [0.3, 0.4) is 0 Å². The van der Waals surface area contributed by atoms with Gasteiger partial charge in [-0.3, -0.25) is 0 Å². The molecule has 1 rings (SSSR count). The topological polar surface area (TPSA) is 78.9 Å². The Kier molecular flexibility index (Phi) is 6.08. The number of methoxy groups -OCH3 is 1. The molecule has 1 aliphatic heterocycles. The predicted molar refractivity (Wildman–Crippen MR) is 71.0 cm³/mol. The smallest absolute Gasteiger partial charge is 0.326 e. The second-order valence-electron chi connectivity index (χ2n) is 5.31. The number of rotatable bonds is 5. The van der Waals surface area contributed by atoms with E-state index >= 15 is 0 Å². The van der Waals surface area contributed by atoms with Crippen LogP contribution in [0.2, 0.25) is 0 Å². The maximum Gasteiger partial charge on any atom is 0.326 e. The standard InChI is InChI=1S/C13H24N2O4/c1-9-4-6-15(8-10(9)2)13(18)14-11(12(16)17)5-7-19-3/h9-11H,4-8H2,1-3H3,(H,14,18)(H,16,17). The quantitative estimate of drug-likeness (QED) is 0.787. The van der Waals surface area contributed by atoms with Gasteiger partial charge in [0.25, 0.3) is 0 Å². The molecule has 3 atom stereocenters. The molecule has 0 aromatic carbocycles. The number of piperidine rings is 1. The number of likely N-dealkylation sites (tertiary alicyclic amines) is 1. The summed E-state index contributed by atoms with van der Waals surface area (Å²) in [5, 5.41) is 11.6. The van der Waals surface area contributed by atoms with Crippen LogP contribution >= 0.6 is 0 Å². The van der Waals surface area contributed by atoms with Crippen molar-refractivity contribution in [3.8, 4) is 0 Å². The van der Waals surface area contributed by atoms with Crippen molar-refractivity contribution in [1.82, 2.24) is 10.2 Å². The van der Waals surface area contributed by atoms with Crippen LogP contribution in [-0.2, 0) is 9.53 Å². The van der Waals surface area contributed by atoms with E-state index in [4.69, 9.17) is 9.84 Å². The molecule has 0 saturated carbocycles. The number of nitrogens with zero attached hydrogens (tertiary/aromatic N) is 1. The van der Waals surface area contributed by atoms with Crippen molar-refractivity contribution in [3.63, 3.8) is 0 Å². The average molecular weight is 272 g/mol. The summed E-state index contributed by atoms with van der Waals surface area (Å²) in [5.74, 6) is 0.0263. The first-order valence-corrected chi connectivity index (χ1v) is 6.72. The number of carbonyl (C=O) groups excluding carboxylic acids is 1. The molecule has 110 valence electrons. The Balaban J connectivity index is 2.50. The van der Waals surface area contributed by atoms with Crippen molar-refractivity contribution in [2.45, 2.75) is 32.7 Å². The first-order chi connectivity index (χ1) is 8.95. The fourth-order valence-corrected chi connectivity index (χ4v) is 2.18. The molecule has 0 radical (unpaired) electrons. The first kappa shape index (κ1) is 15.8. The Morgan fingerprint density at radius 1 is 1.42 bits per heavy atom. The molecule has 2 amide bonds. The summed E-state index contributed by atoms with van der Waals surface area (Å²) in [4.78, 5) is 24.8. The number of amides is 2. The molecule has 0 aliphatic carbocycles. The highest BCUT2D eigenvalue weighted by Crippen LogP contribution is 2.22. The van der Waals surface area contributed by atoms with Crippen LogP contribution in [0.25, 0.3) is 0 Å². The molecule has 0 spiro atoms. The number of urea groups is 1. The summed E-state index contributed by atoms with van der Waals surface area (Å²) >= 11 is 0. The van der Waals surface area contributed by atoms with Gasteiger partial charge in [-0.05, 0) is 18.3 Å². The lowest BCUT2D eigenvalue weighted by Crippen LogP contribution is -2.51. The van der Waals surface area contributed by atoms with Gasteiger partial charge in [-0.2, -0.15) is 0 Å². The van der Waals surface area contributed by atoms with E-state index in [1.54, 1.807) is 4.90 Å². The molecule has 2 N–H and O–H groups in total. The summed E-state index contributed by atoms with van der Waals surface area (Å²) < 4.78 is 4.85. The van der Waals surface area contributed by atoms with Crippen LogP contribution in [0.15, 0.2) is 0 Å². The van der Waals surface area contributed by atoms with E-state index < -0.39 is 12.0 Å². The van der Waals surface area contributed by atoms with E-state index in [1.807, 2.05) is 0 Å². The zero-order chi connectivity index (χ0) is 14.4. The second-order valence-corrected chi connectivity index (χ2v) is 5.31. The van der Waals surface area contributed by atoms with Crippen LogP contribution in [0, 0.1) is 11.8 Å². The highest BCUT2D eigenvalue weighted by molar-refractivity contribution is 5.82. The van der Waals surface area contributed by atoms with Crippen LogP contribution in [0.5, 0.6) is 0 Å². The van der Waals surface area contributed by atoms with Crippen molar-refractivity contribution in [3.05, 3.63) is 0 Å². The van der Waals surface area contributed by atoms with E-state index in [0.717, 1.165) is 6.42 Å². The number of hydrogen-bond donors (Lipinski definition) is 2. The highest BCUT2D eigenvalue weighted by atomic mass is 16.5. The molecule has 6 nitrogen and oxygen atoms in total. The van der Waals surface area contributed by atoms with Crippen molar-refractivity contribution >= 4 is 12.0 Å². The van der Waals surface area contributed by atoms with Gasteiger partial charge < -0.3 is 20.1 Å². The maximum absolute atomic E-state index is 12.0. The van der Waals surface area contributed by atoms with Crippen molar-refractivity contribution in [1.29, 1.82) is 0 Å². The van der Waals surface area contributed by atoms with Gasteiger partial charge in [0.1, 0.15) is 6.04 Å². The van der Waals surface area contributed by atoms with Crippen LogP contribution in [0.4, 0.5) is 4.79 Å². The zero-order valence-corrected chi connectivity index (χ0v) is 11.9. The predicted octanol–water partition coefficient (Wildman–Crippen LogP) is 1.16. The fourth-order valence-electron chi connectivity index (χ4n) is 2.18. The maximum atomic E-state index is 12.0. The Morgan fingerprint density at radius 3 is 2.63 bits per heavy atom. The molecule has 3 unspecified atom stereocenters. The summed E-state index contributed by atoms with van der Waals surface area (Å²) in [7, 11) is 1.51. The number of carboxylic acids is 1. The van der Waals surface area contributed by atoms with Gasteiger partial charge in [-0.15, -0.1) is 0 Å². The molecule has 1 fully saturated rings. The van der Waals surface area contributed by atoms with Gasteiger partial charge in [0.15, 0.2) is 0 Å². The van der Waals surface area contributed by atoms with Crippen molar-refractivity contribution in [2.75, 3.05) is 26.8 Å². The number of aliphatic carboxylic acids is 1. The van der Waals surface area contributed by atoms with Gasteiger partial charge in [0.05, 0.1) is 0 Å². The van der Waals surface area contributed by atoms with E-state index in [2.05, 4.69) is 19.2 Å². The fraction of sp³-hybridized carbons (Fsp3) is 0.846. The van der Waals surface area contributed by atoms with Gasteiger partial charge in [0.2, 0.25) is 0 Å². The minimum atomic E-state index is -1.02. The molecule has 0 aromatic rings. The van der Waals surface area contributed by atoms with Crippen LogP contribution in [-0.4, -0.2) is 54.9 Å². The lowest BCUT2D eigenvalue weighted by atomic mass is 9.89. The summed E-state index contributed by atoms with van der Waals surface area (Å²) in [5.41, 5.74) is 0. The molecule has 1 heterocycles. The molecule has 6 heteroatoms. The summed E-state index contributed by atoms with van der Waals surface area (Å²) in [6.45, 7) is 5.98. The minimum Gasteiger partial charge on any atom is -0.480 e. The van der Waals surface area contributed by atoms with Gasteiger partial charge >= 0.3 is 12.0 Å². The normalized spacial score (nSPS) is 24.9. The van der Waals surface area contributed by atoms with Crippen molar-refractivity contribution < 1.29 is 19.4 Å². The number of carbonyl (C=O) groups is 2. The van der Waals surface area contributed by atoms with E-state index in [1.165, 1.54) is 7.11 Å². The van der Waals surface area contributed by atoms with E-state index in [0.29, 0.717) is 31.5 Å². The Bertz CT molecular complexity index is 322. The van der Waals surface area contributed by atoms with E-state index in [9.17, 15) is 9.59 Å². The largest absolute Gasteiger partial charge is 0.480 e. The summed E-state index contributed by atoms with van der Waals surface area (Å²) in [6, 6.07) is -1.18. The zero-order valence-electron chi connectivity index (χ0n) is 11.9. The molecular formula is C13H24N2O4. The molecule has 0 bridgehead atoms. The third-order valence-electron chi connectivity index (χ3n) is 3.83. The third-order valence-corrected chi connectivity index (χ3v) is 3.83. The lowest BCUT2D eigenvalue weighted by molar-refractivity contribution is -0.139. The Morgan fingerprint density at radius 2 is 2.11 bits per heavy atom. The van der Waals surface area contributed by atoms with Gasteiger partial charge in [-0.25, -0.2) is 9.59 Å². The Labute approximate surface area is 114 Å². The molecule has 0 aromatic heterocycles. The lowest BCUT2D eigenvalue weighted by Gasteiger charge is -2.35. The molecule has 1 saturated heterocycles. The van der Waals surface area contributed by atoms with Crippen LogP contribution in [0.1, 0.15) is 26.7 Å². The molecule has 1 aliphatic rings. The monoisotopic (exact) mass is 272 g/mol. The van der Waals surface area contributed by atoms with Crippen LogP contribution < -0.4 is 5.32 Å². The number of carboxylic acid groups (broad SMARTS) is 1. The number of hydrogen-bond acceptors (Lipinski definition) is 3. The number of nitrogens with one attached hydrogen (secondary N) is 1. The first-order valence-electron chi connectivity index (χ1n) is 6.72. The van der Waals surface area contributed by atoms with Gasteiger partial charge in [-0.1, -0.05) is 13.8 Å². The summed E-state index contributed by atoms with van der Waals surface area (Å²) in [6.07, 6.45) is 1.24. The number of ether oxygens (including phenoxy) is 1. The second kappa shape index (κ2) is 7.33. The highest BCUT2D eigenvalue weighted by Gasteiger charge is 2.28. The average Bonchev–Trinajstić information content (AvgIpc) is 2.37. The minimum absolute atomic E-state index is 0.275. The van der Waals surface area contributed by atoms with E-state index in [-0.39, 0.29) is 12.5 Å². The molecule has 19 heavy (non-hydrogen) atoms. The third kappa shape index (κ3) is 4.70. The SMILES string of the molecule is COCCC(NC(=O)N1CCC(C)C(C)C1)C(=O)O. The van der Waals surface area contributed by atoms with Gasteiger partial charge in [0, 0.05) is 33.2 Å². The Hall–Kier alpha value is -1.30.